The Labute approximate surface area is 153 Å². The molecule has 0 aliphatic heterocycles. The van der Waals surface area contributed by atoms with Gasteiger partial charge in [0, 0.05) is 5.57 Å². The Hall–Kier alpha value is -2.67. The molecule has 0 nitrogen and oxygen atoms in total. The molecule has 0 aromatic heterocycles. The summed E-state index contributed by atoms with van der Waals surface area (Å²) < 4.78 is 14.1. The summed E-state index contributed by atoms with van der Waals surface area (Å²) >= 11 is 0. The highest BCUT2D eigenvalue weighted by molar-refractivity contribution is 5.52. The van der Waals surface area contributed by atoms with E-state index in [2.05, 4.69) is 46.1 Å². The van der Waals surface area contributed by atoms with E-state index in [1.807, 2.05) is 26.8 Å². The molecule has 0 aliphatic carbocycles. The molecule has 0 aromatic rings. The summed E-state index contributed by atoms with van der Waals surface area (Å²) in [7, 11) is 0. The first kappa shape index (κ1) is 24.6. The Bertz CT molecular complexity index is 646. The second kappa shape index (κ2) is 13.7. The third kappa shape index (κ3) is 12.4. The number of halogens is 1. The number of allylic oxidation sites excluding steroid dienone is 13. The lowest BCUT2D eigenvalue weighted by atomic mass is 10.0. The summed E-state index contributed by atoms with van der Waals surface area (Å²) in [4.78, 5) is 0. The number of hydrogen-bond donors (Lipinski definition) is 0. The fourth-order valence-electron chi connectivity index (χ4n) is 1.27. The summed E-state index contributed by atoms with van der Waals surface area (Å²) in [6.07, 6.45) is 11.0. The topological polar surface area (TPSA) is 0 Å². The molecular formula is C24H31F. The average Bonchev–Trinajstić information content (AvgIpc) is 2.56. The molecule has 0 saturated carbocycles. The Kier molecular flexibility index (Phi) is 13.5. The van der Waals surface area contributed by atoms with Crippen LogP contribution in [-0.4, -0.2) is 0 Å². The van der Waals surface area contributed by atoms with E-state index < -0.39 is 5.83 Å². The molecule has 0 saturated heterocycles. The van der Waals surface area contributed by atoms with Crippen LogP contribution >= 0.6 is 0 Å². The van der Waals surface area contributed by atoms with Crippen LogP contribution < -0.4 is 0 Å². The van der Waals surface area contributed by atoms with E-state index in [4.69, 9.17) is 0 Å². The van der Waals surface area contributed by atoms with Crippen LogP contribution in [0.5, 0.6) is 0 Å². The lowest BCUT2D eigenvalue weighted by Crippen LogP contribution is -1.88. The van der Waals surface area contributed by atoms with Gasteiger partial charge < -0.3 is 0 Å². The van der Waals surface area contributed by atoms with Crippen molar-refractivity contribution in [1.29, 1.82) is 0 Å². The first-order chi connectivity index (χ1) is 11.6. The maximum Gasteiger partial charge on any atom is 0.131 e. The molecule has 0 N–H and O–H groups in total. The van der Waals surface area contributed by atoms with Crippen LogP contribution in [0.15, 0.2) is 122 Å². The molecule has 0 amide bonds. The fourth-order valence-corrected chi connectivity index (χ4v) is 1.27. The van der Waals surface area contributed by atoms with Gasteiger partial charge in [0.25, 0.3) is 0 Å². The van der Waals surface area contributed by atoms with Crippen LogP contribution in [0.25, 0.3) is 0 Å². The highest BCUT2D eigenvalue weighted by Crippen LogP contribution is 2.22. The van der Waals surface area contributed by atoms with Crippen molar-refractivity contribution in [2.75, 3.05) is 0 Å². The zero-order valence-corrected chi connectivity index (χ0v) is 16.0. The second-order valence-corrected chi connectivity index (χ2v) is 5.48. The van der Waals surface area contributed by atoms with Crippen LogP contribution in [0.2, 0.25) is 0 Å². The first-order valence-electron chi connectivity index (χ1n) is 8.01. The van der Waals surface area contributed by atoms with E-state index in [9.17, 15) is 4.39 Å². The van der Waals surface area contributed by atoms with Crippen LogP contribution in [0, 0.1) is 0 Å². The van der Waals surface area contributed by atoms with E-state index in [0.29, 0.717) is 16.7 Å². The van der Waals surface area contributed by atoms with Gasteiger partial charge in [-0.15, -0.1) is 6.58 Å². The van der Waals surface area contributed by atoms with Gasteiger partial charge >= 0.3 is 0 Å². The number of hydrogen-bond acceptors (Lipinski definition) is 0. The molecule has 0 aliphatic rings. The van der Waals surface area contributed by atoms with Gasteiger partial charge in [-0.1, -0.05) is 87.9 Å². The van der Waals surface area contributed by atoms with Gasteiger partial charge in [0.15, 0.2) is 0 Å². The second-order valence-electron chi connectivity index (χ2n) is 5.48. The summed E-state index contributed by atoms with van der Waals surface area (Å²) in [6, 6.07) is 0. The van der Waals surface area contributed by atoms with Crippen LogP contribution in [0.3, 0.4) is 0 Å². The maximum atomic E-state index is 14.1. The minimum absolute atomic E-state index is 0.216. The van der Waals surface area contributed by atoms with Crippen molar-refractivity contribution >= 4 is 0 Å². The Morgan fingerprint density at radius 2 is 1.32 bits per heavy atom. The van der Waals surface area contributed by atoms with E-state index >= 15 is 0 Å². The lowest BCUT2D eigenvalue weighted by Gasteiger charge is -2.05. The highest BCUT2D eigenvalue weighted by Gasteiger charge is 2.05. The van der Waals surface area contributed by atoms with Crippen molar-refractivity contribution in [3.8, 4) is 0 Å². The third-order valence-electron chi connectivity index (χ3n) is 2.93. The first-order valence-corrected chi connectivity index (χ1v) is 8.01. The third-order valence-corrected chi connectivity index (χ3v) is 2.93. The van der Waals surface area contributed by atoms with Crippen LogP contribution in [0.1, 0.15) is 27.2 Å². The molecule has 0 radical (unpaired) electrons. The standard InChI is InChI=1S/C21H25F.C3H6/c1-9-16(4)11-13-17(5)19(7)14-21(22)20(8)18(6)12-10-15(2)3;1-3-2/h10-14H,2,4-9H2,1,3H3;3H,1H2,2H3/b12-10-,13-11-,21-14+;. The quantitative estimate of drug-likeness (QED) is 0.296. The fraction of sp³-hybridized carbons (Fsp3) is 0.167. The monoisotopic (exact) mass is 338 g/mol. The SMILES string of the molecule is C=C(C)/C=C\C(=C)C(=C)/C(F)=C\C(=C)C(=C)/C=C\C(=C)CC.C=CC. The van der Waals surface area contributed by atoms with Gasteiger partial charge in [-0.05, 0) is 43.1 Å². The van der Waals surface area contributed by atoms with Crippen molar-refractivity contribution < 1.29 is 4.39 Å². The Morgan fingerprint density at radius 1 is 0.840 bits per heavy atom. The highest BCUT2D eigenvalue weighted by atomic mass is 19.1. The molecule has 1 heteroatoms. The van der Waals surface area contributed by atoms with Crippen molar-refractivity contribution in [2.45, 2.75) is 27.2 Å². The molecule has 0 heterocycles. The van der Waals surface area contributed by atoms with Gasteiger partial charge in [-0.3, -0.25) is 0 Å². The van der Waals surface area contributed by atoms with Crippen molar-refractivity contribution in [1.82, 2.24) is 0 Å². The summed E-state index contributed by atoms with van der Waals surface area (Å²) in [6.45, 7) is 31.9. The largest absolute Gasteiger partial charge is 0.206 e. The predicted molar refractivity (Wildman–Crippen MR) is 114 cm³/mol. The van der Waals surface area contributed by atoms with E-state index in [1.54, 1.807) is 24.3 Å². The van der Waals surface area contributed by atoms with Gasteiger partial charge in [0.05, 0.1) is 0 Å². The molecule has 134 valence electrons. The molecule has 0 bridgehead atoms. The van der Waals surface area contributed by atoms with E-state index in [0.717, 1.165) is 17.6 Å². The van der Waals surface area contributed by atoms with Crippen molar-refractivity contribution in [3.63, 3.8) is 0 Å². The predicted octanol–water partition coefficient (Wildman–Crippen LogP) is 7.91. The molecule has 0 unspecified atom stereocenters. The summed E-state index contributed by atoms with van der Waals surface area (Å²) in [5.41, 5.74) is 3.65. The van der Waals surface area contributed by atoms with Crippen molar-refractivity contribution in [2.24, 2.45) is 0 Å². The van der Waals surface area contributed by atoms with E-state index in [1.165, 1.54) is 6.08 Å². The minimum Gasteiger partial charge on any atom is -0.206 e. The summed E-state index contributed by atoms with van der Waals surface area (Å²) in [5.74, 6) is -0.481. The zero-order valence-electron chi connectivity index (χ0n) is 16.0. The van der Waals surface area contributed by atoms with Gasteiger partial charge in [-0.25, -0.2) is 4.39 Å². The normalized spacial score (nSPS) is 10.8. The van der Waals surface area contributed by atoms with Gasteiger partial charge in [0.1, 0.15) is 5.83 Å². The minimum atomic E-state index is -0.481. The lowest BCUT2D eigenvalue weighted by molar-refractivity contribution is 0.655. The molecule has 0 rings (SSSR count). The smallest absolute Gasteiger partial charge is 0.131 e. The zero-order chi connectivity index (χ0) is 20.0. The maximum absolute atomic E-state index is 14.1. The van der Waals surface area contributed by atoms with Crippen LogP contribution in [0.4, 0.5) is 4.39 Å². The molecule has 25 heavy (non-hydrogen) atoms. The van der Waals surface area contributed by atoms with Gasteiger partial charge in [-0.2, -0.15) is 0 Å². The molecular weight excluding hydrogens is 307 g/mol. The van der Waals surface area contributed by atoms with Gasteiger partial charge in [0.2, 0.25) is 0 Å². The number of rotatable bonds is 9. The average molecular weight is 339 g/mol. The molecule has 0 aromatic carbocycles. The van der Waals surface area contributed by atoms with E-state index in [-0.39, 0.29) is 5.57 Å². The molecule has 0 atom stereocenters. The van der Waals surface area contributed by atoms with Crippen LogP contribution in [-0.2, 0) is 0 Å². The Morgan fingerprint density at radius 3 is 1.76 bits per heavy atom. The van der Waals surface area contributed by atoms with Crippen molar-refractivity contribution in [3.05, 3.63) is 122 Å². The molecule has 0 fully saturated rings. The summed E-state index contributed by atoms with van der Waals surface area (Å²) in [5, 5.41) is 0. The Balaban J connectivity index is 0. The molecule has 0 spiro atoms.